The molecule has 0 fully saturated rings. The first-order valence-corrected chi connectivity index (χ1v) is 13.5. The van der Waals surface area contributed by atoms with Gasteiger partial charge in [0, 0.05) is 17.5 Å². The van der Waals surface area contributed by atoms with Crippen molar-refractivity contribution in [3.05, 3.63) is 136 Å². The summed E-state index contributed by atoms with van der Waals surface area (Å²) in [7, 11) is 1.51. The summed E-state index contributed by atoms with van der Waals surface area (Å²) < 4.78 is 30.2. The molecule has 0 amide bonds. The number of benzene rings is 5. The molecule has 1 heterocycles. The van der Waals surface area contributed by atoms with E-state index in [1.54, 1.807) is 12.1 Å². The lowest BCUT2D eigenvalue weighted by Crippen LogP contribution is -2.06. The van der Waals surface area contributed by atoms with Crippen molar-refractivity contribution in [2.24, 2.45) is 0 Å². The average Bonchev–Trinajstić information content (AvgIpc) is 3.02. The molecular weight excluding hydrogens is 532 g/mol. The summed E-state index contributed by atoms with van der Waals surface area (Å²) in [4.78, 5) is 13.1. The van der Waals surface area contributed by atoms with E-state index in [2.05, 4.69) is 0 Å². The second-order valence-electron chi connectivity index (χ2n) is 9.69. The van der Waals surface area contributed by atoms with Crippen molar-refractivity contribution in [1.29, 1.82) is 0 Å². The summed E-state index contributed by atoms with van der Waals surface area (Å²) in [6.07, 6.45) is 0. The lowest BCUT2D eigenvalue weighted by molar-refractivity contribution is 0.246. The van der Waals surface area contributed by atoms with Crippen molar-refractivity contribution in [1.82, 2.24) is 0 Å². The molecule has 210 valence electrons. The fourth-order valence-corrected chi connectivity index (χ4v) is 4.80. The van der Waals surface area contributed by atoms with Crippen molar-refractivity contribution >= 4 is 21.7 Å². The van der Waals surface area contributed by atoms with Crippen LogP contribution in [0.3, 0.4) is 0 Å². The van der Waals surface area contributed by atoms with Crippen LogP contribution in [-0.2, 0) is 19.8 Å². The summed E-state index contributed by atoms with van der Waals surface area (Å²) >= 11 is 0. The van der Waals surface area contributed by atoms with Crippen molar-refractivity contribution in [3.63, 3.8) is 0 Å². The zero-order valence-electron chi connectivity index (χ0n) is 22.9. The molecule has 1 aromatic heterocycles. The van der Waals surface area contributed by atoms with Crippen LogP contribution in [0.25, 0.3) is 21.7 Å². The Morgan fingerprint density at radius 3 is 1.71 bits per heavy atom. The quantitative estimate of drug-likeness (QED) is 0.138. The molecule has 42 heavy (non-hydrogen) atoms. The number of ether oxygens (including phenoxy) is 4. The van der Waals surface area contributed by atoms with Crippen molar-refractivity contribution in [2.75, 3.05) is 7.11 Å². The standard InChI is InChI=1S/C35H28O7/c1-38-30-19-29-32(27-17-26(18-28(36)31(27)35(37)42-29)39-20-23-11-5-2-6-12-23)34(41-22-25-15-9-4-10-16-25)33(30)40-21-24-13-7-3-8-14-24/h2-19,36H,20-22H2,1H3. The fourth-order valence-electron chi connectivity index (χ4n) is 4.80. The van der Waals surface area contributed by atoms with Crippen molar-refractivity contribution < 1.29 is 28.5 Å². The van der Waals surface area contributed by atoms with Gasteiger partial charge >= 0.3 is 5.63 Å². The van der Waals surface area contributed by atoms with Gasteiger partial charge < -0.3 is 28.5 Å². The number of phenolic OH excluding ortho intramolecular Hbond substituents is 1. The molecule has 1 N–H and O–H groups in total. The Morgan fingerprint density at radius 2 is 1.17 bits per heavy atom. The maximum atomic E-state index is 13.1. The summed E-state index contributed by atoms with van der Waals surface area (Å²) in [5.41, 5.74) is 2.37. The SMILES string of the molecule is COc1cc2oc(=O)c3c(O)cc(OCc4ccccc4)cc3c2c(OCc2ccccc2)c1OCc1ccccc1. The lowest BCUT2D eigenvalue weighted by Gasteiger charge is -2.19. The van der Waals surface area contributed by atoms with Gasteiger partial charge in [-0.3, -0.25) is 0 Å². The molecule has 0 radical (unpaired) electrons. The molecule has 0 bridgehead atoms. The van der Waals surface area contributed by atoms with Gasteiger partial charge in [0.25, 0.3) is 0 Å². The van der Waals surface area contributed by atoms with Crippen LogP contribution in [0.2, 0.25) is 0 Å². The van der Waals surface area contributed by atoms with Gasteiger partial charge in [0.2, 0.25) is 5.75 Å². The molecule has 6 rings (SSSR count). The molecule has 7 nitrogen and oxygen atoms in total. The number of aromatic hydroxyl groups is 1. The van der Waals surface area contributed by atoms with E-state index >= 15 is 0 Å². The molecule has 0 saturated heterocycles. The highest BCUT2D eigenvalue weighted by Crippen LogP contribution is 2.47. The Kier molecular flexibility index (Phi) is 7.64. The predicted octanol–water partition coefficient (Wildman–Crippen LogP) is 7.40. The van der Waals surface area contributed by atoms with E-state index < -0.39 is 5.63 Å². The van der Waals surface area contributed by atoms with Gasteiger partial charge in [0.1, 0.15) is 42.3 Å². The highest BCUT2D eigenvalue weighted by Gasteiger charge is 2.24. The molecule has 0 aliphatic carbocycles. The normalized spacial score (nSPS) is 11.0. The first kappa shape index (κ1) is 26.8. The topological polar surface area (TPSA) is 87.4 Å². The molecular formula is C35H28O7. The Balaban J connectivity index is 1.53. The molecule has 0 unspecified atom stereocenters. The number of methoxy groups -OCH3 is 1. The summed E-state index contributed by atoms with van der Waals surface area (Å²) in [6.45, 7) is 0.735. The Labute approximate surface area is 242 Å². The minimum atomic E-state index is -0.696. The van der Waals surface area contributed by atoms with Crippen LogP contribution in [0.1, 0.15) is 16.7 Å². The number of fused-ring (bicyclic) bond motifs is 3. The highest BCUT2D eigenvalue weighted by atomic mass is 16.5. The van der Waals surface area contributed by atoms with Gasteiger partial charge in [-0.1, -0.05) is 91.0 Å². The third kappa shape index (κ3) is 5.58. The molecule has 0 aliphatic rings. The summed E-state index contributed by atoms with van der Waals surface area (Å²) in [5.74, 6) is 1.12. The van der Waals surface area contributed by atoms with E-state index in [4.69, 9.17) is 23.4 Å². The molecule has 0 spiro atoms. The zero-order chi connectivity index (χ0) is 28.9. The van der Waals surface area contributed by atoms with Gasteiger partial charge in [0.05, 0.1) is 12.5 Å². The molecule has 6 aromatic rings. The molecule has 0 aliphatic heterocycles. The van der Waals surface area contributed by atoms with Gasteiger partial charge in [-0.2, -0.15) is 0 Å². The molecule has 5 aromatic carbocycles. The first-order valence-electron chi connectivity index (χ1n) is 13.5. The Hall–Kier alpha value is -5.43. The van der Waals surface area contributed by atoms with E-state index in [1.807, 2.05) is 91.0 Å². The van der Waals surface area contributed by atoms with Gasteiger partial charge in [0.15, 0.2) is 11.5 Å². The van der Waals surface area contributed by atoms with Crippen LogP contribution in [0.4, 0.5) is 0 Å². The molecule has 0 atom stereocenters. The zero-order valence-corrected chi connectivity index (χ0v) is 22.9. The van der Waals surface area contributed by atoms with Crippen molar-refractivity contribution in [3.8, 4) is 28.7 Å². The van der Waals surface area contributed by atoms with E-state index in [9.17, 15) is 9.90 Å². The van der Waals surface area contributed by atoms with Crippen LogP contribution in [0, 0.1) is 0 Å². The smallest absolute Gasteiger partial charge is 0.347 e. The minimum absolute atomic E-state index is 0.0123. The van der Waals surface area contributed by atoms with Crippen LogP contribution in [0.15, 0.2) is 118 Å². The van der Waals surface area contributed by atoms with Gasteiger partial charge in [-0.15, -0.1) is 0 Å². The second-order valence-corrected chi connectivity index (χ2v) is 9.69. The Bertz CT molecular complexity index is 1880. The van der Waals surface area contributed by atoms with Crippen molar-refractivity contribution in [2.45, 2.75) is 19.8 Å². The average molecular weight is 561 g/mol. The summed E-state index contributed by atoms with van der Waals surface area (Å²) in [6, 6.07) is 33.8. The number of hydrogen-bond donors (Lipinski definition) is 1. The third-order valence-electron chi connectivity index (χ3n) is 6.85. The fraction of sp³-hybridized carbons (Fsp3) is 0.114. The maximum Gasteiger partial charge on any atom is 0.347 e. The maximum absolute atomic E-state index is 13.1. The van der Waals surface area contributed by atoms with Crippen LogP contribution in [0.5, 0.6) is 28.7 Å². The van der Waals surface area contributed by atoms with E-state index in [0.717, 1.165) is 16.7 Å². The second kappa shape index (κ2) is 12.0. The summed E-state index contributed by atoms with van der Waals surface area (Å²) in [5, 5.41) is 11.8. The van der Waals surface area contributed by atoms with Crippen LogP contribution < -0.4 is 24.6 Å². The van der Waals surface area contributed by atoms with Crippen LogP contribution in [-0.4, -0.2) is 12.2 Å². The molecule has 0 saturated carbocycles. The number of hydrogen-bond acceptors (Lipinski definition) is 7. The number of rotatable bonds is 10. The largest absolute Gasteiger partial charge is 0.507 e. The van der Waals surface area contributed by atoms with Crippen LogP contribution >= 0.6 is 0 Å². The Morgan fingerprint density at radius 1 is 0.643 bits per heavy atom. The molecule has 7 heteroatoms. The van der Waals surface area contributed by atoms with E-state index in [-0.39, 0.29) is 36.5 Å². The predicted molar refractivity (Wildman–Crippen MR) is 161 cm³/mol. The van der Waals surface area contributed by atoms with Gasteiger partial charge in [-0.05, 0) is 22.8 Å². The van der Waals surface area contributed by atoms with E-state index in [1.165, 1.54) is 13.2 Å². The lowest BCUT2D eigenvalue weighted by atomic mass is 10.0. The highest BCUT2D eigenvalue weighted by molar-refractivity contribution is 6.11. The minimum Gasteiger partial charge on any atom is -0.507 e. The third-order valence-corrected chi connectivity index (χ3v) is 6.85. The van der Waals surface area contributed by atoms with E-state index in [0.29, 0.717) is 33.8 Å². The monoisotopic (exact) mass is 560 g/mol. The number of phenols is 1. The first-order chi connectivity index (χ1) is 20.6. The van der Waals surface area contributed by atoms with Gasteiger partial charge in [-0.25, -0.2) is 4.79 Å².